The van der Waals surface area contributed by atoms with Crippen LogP contribution in [0.2, 0.25) is 0 Å². The number of hydrogen-bond acceptors (Lipinski definition) is 5. The van der Waals surface area contributed by atoms with Gasteiger partial charge in [0.1, 0.15) is 6.10 Å². The highest BCUT2D eigenvalue weighted by Crippen LogP contribution is 2.27. The number of nitrogens with zero attached hydrogens (tertiary/aromatic N) is 2. The van der Waals surface area contributed by atoms with E-state index in [1.807, 2.05) is 0 Å². The molecular formula is C16H17F2N3O2S. The van der Waals surface area contributed by atoms with Crippen molar-refractivity contribution in [3.63, 3.8) is 0 Å². The molecule has 2 aromatic heterocycles. The molecule has 2 aromatic rings. The van der Waals surface area contributed by atoms with Crippen LogP contribution in [-0.2, 0) is 0 Å². The van der Waals surface area contributed by atoms with Gasteiger partial charge in [-0.3, -0.25) is 9.78 Å². The van der Waals surface area contributed by atoms with E-state index in [9.17, 15) is 13.6 Å². The van der Waals surface area contributed by atoms with E-state index in [1.165, 1.54) is 10.8 Å². The first-order valence-corrected chi connectivity index (χ1v) is 8.65. The monoisotopic (exact) mass is 353 g/mol. The van der Waals surface area contributed by atoms with Crippen molar-refractivity contribution in [1.82, 2.24) is 15.3 Å². The van der Waals surface area contributed by atoms with Crippen LogP contribution in [0.25, 0.3) is 0 Å². The van der Waals surface area contributed by atoms with Crippen molar-refractivity contribution in [2.75, 3.05) is 0 Å². The molecule has 0 aliphatic heterocycles. The van der Waals surface area contributed by atoms with Gasteiger partial charge in [0.05, 0.1) is 11.8 Å². The number of alkyl halides is 2. The van der Waals surface area contributed by atoms with Crippen molar-refractivity contribution < 1.29 is 18.3 Å². The van der Waals surface area contributed by atoms with Crippen molar-refractivity contribution >= 4 is 17.2 Å². The number of nitrogens with one attached hydrogen (secondary N) is 1. The first kappa shape index (κ1) is 16.8. The SMILES string of the molecule is O=C(NC1CCC(Oc2cnccn2)CC1)c1cscc1C(F)F. The lowest BCUT2D eigenvalue weighted by Gasteiger charge is -2.29. The summed E-state index contributed by atoms with van der Waals surface area (Å²) in [6.45, 7) is 0. The van der Waals surface area contributed by atoms with Crippen LogP contribution in [0.1, 0.15) is 48.0 Å². The molecule has 1 N–H and O–H groups in total. The molecule has 0 saturated heterocycles. The highest BCUT2D eigenvalue weighted by atomic mass is 32.1. The van der Waals surface area contributed by atoms with Gasteiger partial charge in [-0.2, -0.15) is 11.3 Å². The van der Waals surface area contributed by atoms with Gasteiger partial charge in [0.15, 0.2) is 0 Å². The van der Waals surface area contributed by atoms with Crippen molar-refractivity contribution in [3.8, 4) is 5.88 Å². The number of aromatic nitrogens is 2. The first-order valence-electron chi connectivity index (χ1n) is 7.71. The maximum atomic E-state index is 12.9. The van der Waals surface area contributed by atoms with Crippen LogP contribution in [0, 0.1) is 0 Å². The molecule has 128 valence electrons. The zero-order chi connectivity index (χ0) is 16.9. The van der Waals surface area contributed by atoms with Crippen LogP contribution in [0.15, 0.2) is 29.4 Å². The second kappa shape index (κ2) is 7.65. The smallest absolute Gasteiger partial charge is 0.265 e. The number of ether oxygens (including phenoxy) is 1. The molecule has 0 radical (unpaired) electrons. The van der Waals surface area contributed by atoms with Gasteiger partial charge in [-0.05, 0) is 25.7 Å². The molecule has 1 aliphatic rings. The summed E-state index contributed by atoms with van der Waals surface area (Å²) in [6, 6.07) is -0.0235. The van der Waals surface area contributed by atoms with Crippen LogP contribution >= 0.6 is 11.3 Å². The Hall–Kier alpha value is -2.09. The topological polar surface area (TPSA) is 64.1 Å². The fourth-order valence-electron chi connectivity index (χ4n) is 2.77. The molecule has 0 unspecified atom stereocenters. The van der Waals surface area contributed by atoms with E-state index >= 15 is 0 Å². The maximum absolute atomic E-state index is 12.9. The molecule has 0 bridgehead atoms. The van der Waals surface area contributed by atoms with Crippen molar-refractivity contribution in [2.24, 2.45) is 0 Å². The van der Waals surface area contributed by atoms with Gasteiger partial charge >= 0.3 is 0 Å². The molecule has 1 amide bonds. The second-order valence-electron chi connectivity index (χ2n) is 5.65. The number of rotatable bonds is 5. The molecule has 1 fully saturated rings. The number of amides is 1. The van der Waals surface area contributed by atoms with Crippen LogP contribution in [0.5, 0.6) is 5.88 Å². The third-order valence-electron chi connectivity index (χ3n) is 4.01. The lowest BCUT2D eigenvalue weighted by molar-refractivity contribution is 0.0879. The number of thiophene rings is 1. The minimum Gasteiger partial charge on any atom is -0.473 e. The molecule has 1 aliphatic carbocycles. The third-order valence-corrected chi connectivity index (χ3v) is 4.77. The average molecular weight is 353 g/mol. The highest BCUT2D eigenvalue weighted by Gasteiger charge is 2.26. The number of carbonyl (C=O) groups is 1. The Morgan fingerprint density at radius 2 is 2.04 bits per heavy atom. The predicted octanol–water partition coefficient (Wildman–Crippen LogP) is 3.60. The largest absolute Gasteiger partial charge is 0.473 e. The Bertz CT molecular complexity index is 673. The summed E-state index contributed by atoms with van der Waals surface area (Å²) in [4.78, 5) is 20.2. The van der Waals surface area contributed by atoms with Crippen LogP contribution in [-0.4, -0.2) is 28.0 Å². The fourth-order valence-corrected chi connectivity index (χ4v) is 3.59. The minimum atomic E-state index is -2.63. The van der Waals surface area contributed by atoms with Crippen LogP contribution < -0.4 is 10.1 Å². The van der Waals surface area contributed by atoms with Crippen LogP contribution in [0.3, 0.4) is 0 Å². The van der Waals surface area contributed by atoms with Crippen LogP contribution in [0.4, 0.5) is 8.78 Å². The second-order valence-corrected chi connectivity index (χ2v) is 6.39. The Morgan fingerprint density at radius 3 is 2.71 bits per heavy atom. The zero-order valence-corrected chi connectivity index (χ0v) is 13.6. The molecule has 5 nitrogen and oxygen atoms in total. The normalized spacial score (nSPS) is 20.8. The maximum Gasteiger partial charge on any atom is 0.265 e. The Balaban J connectivity index is 1.50. The van der Waals surface area contributed by atoms with E-state index in [1.54, 1.807) is 18.6 Å². The van der Waals surface area contributed by atoms with E-state index in [4.69, 9.17) is 4.74 Å². The van der Waals surface area contributed by atoms with Gasteiger partial charge in [0, 0.05) is 34.8 Å². The Morgan fingerprint density at radius 1 is 1.25 bits per heavy atom. The summed E-state index contributed by atoms with van der Waals surface area (Å²) in [7, 11) is 0. The number of halogens is 2. The standard InChI is InChI=1S/C16H17F2N3O2S/c17-15(18)12-8-24-9-13(12)16(22)21-10-1-3-11(4-2-10)23-14-7-19-5-6-20-14/h5-11,15H,1-4H2,(H,21,22). The van der Waals surface area contributed by atoms with Crippen molar-refractivity contribution in [3.05, 3.63) is 40.5 Å². The van der Waals surface area contributed by atoms with Gasteiger partial charge in [-0.1, -0.05) is 0 Å². The molecule has 1 saturated carbocycles. The quantitative estimate of drug-likeness (QED) is 0.892. The summed E-state index contributed by atoms with van der Waals surface area (Å²) in [5, 5.41) is 5.65. The lowest BCUT2D eigenvalue weighted by Crippen LogP contribution is -2.39. The Labute approximate surface area is 142 Å². The van der Waals surface area contributed by atoms with Gasteiger partial charge in [-0.25, -0.2) is 13.8 Å². The molecule has 8 heteroatoms. The lowest BCUT2D eigenvalue weighted by atomic mass is 9.92. The molecule has 3 rings (SSSR count). The zero-order valence-electron chi connectivity index (χ0n) is 12.8. The minimum absolute atomic E-state index is 0.0235. The molecule has 0 spiro atoms. The van der Waals surface area contributed by atoms with Gasteiger partial charge in [0.25, 0.3) is 12.3 Å². The van der Waals surface area contributed by atoms with E-state index in [2.05, 4.69) is 15.3 Å². The Kier molecular flexibility index (Phi) is 5.34. The summed E-state index contributed by atoms with van der Waals surface area (Å²) in [5.74, 6) is 0.0645. The summed E-state index contributed by atoms with van der Waals surface area (Å²) >= 11 is 1.11. The molecular weight excluding hydrogens is 336 g/mol. The third kappa shape index (κ3) is 4.05. The highest BCUT2D eigenvalue weighted by molar-refractivity contribution is 7.08. The number of carbonyl (C=O) groups excluding carboxylic acids is 1. The van der Waals surface area contributed by atoms with Gasteiger partial charge in [-0.15, -0.1) is 0 Å². The van der Waals surface area contributed by atoms with Gasteiger partial charge in [0.2, 0.25) is 5.88 Å². The number of hydrogen-bond donors (Lipinski definition) is 1. The van der Waals surface area contributed by atoms with Crippen molar-refractivity contribution in [2.45, 2.75) is 44.3 Å². The summed E-state index contributed by atoms with van der Waals surface area (Å²) < 4.78 is 31.5. The summed E-state index contributed by atoms with van der Waals surface area (Å²) in [6.07, 6.45) is 5.15. The van der Waals surface area contributed by atoms with Crippen molar-refractivity contribution in [1.29, 1.82) is 0 Å². The van der Waals surface area contributed by atoms with E-state index in [-0.39, 0.29) is 23.3 Å². The summed E-state index contributed by atoms with van der Waals surface area (Å²) in [5.41, 5.74) is -0.120. The van der Waals surface area contributed by atoms with E-state index in [0.717, 1.165) is 37.0 Å². The van der Waals surface area contributed by atoms with Gasteiger partial charge < -0.3 is 10.1 Å². The first-order chi connectivity index (χ1) is 11.6. The molecule has 0 aromatic carbocycles. The molecule has 0 atom stereocenters. The average Bonchev–Trinajstić information content (AvgIpc) is 3.08. The molecule has 24 heavy (non-hydrogen) atoms. The fraction of sp³-hybridized carbons (Fsp3) is 0.438. The molecule has 2 heterocycles. The van der Waals surface area contributed by atoms with E-state index < -0.39 is 12.3 Å². The predicted molar refractivity (Wildman–Crippen MR) is 85.4 cm³/mol. The van der Waals surface area contributed by atoms with E-state index in [0.29, 0.717) is 5.88 Å².